The van der Waals surface area contributed by atoms with Crippen molar-refractivity contribution in [3.05, 3.63) is 52.3 Å². The van der Waals surface area contributed by atoms with Gasteiger partial charge in [0, 0.05) is 30.7 Å². The standard InChI is InChI=1S/C18H19Cl2N3O/c1-12-5-8-23(9-6-12)14-4-7-21-17(11-14)18(24)22-13-2-3-15(19)16(20)10-13/h2-4,7,10-12H,5-6,8-9H2,1H3,(H,22,24). The van der Waals surface area contributed by atoms with Gasteiger partial charge in [0.15, 0.2) is 0 Å². The normalized spacial score (nSPS) is 15.4. The lowest BCUT2D eigenvalue weighted by atomic mass is 9.99. The summed E-state index contributed by atoms with van der Waals surface area (Å²) in [7, 11) is 0. The van der Waals surface area contributed by atoms with E-state index < -0.39 is 0 Å². The van der Waals surface area contributed by atoms with Crippen LogP contribution in [0.2, 0.25) is 10.0 Å². The molecule has 1 aromatic carbocycles. The van der Waals surface area contributed by atoms with Gasteiger partial charge in [-0.25, -0.2) is 0 Å². The predicted molar refractivity (Wildman–Crippen MR) is 99.3 cm³/mol. The van der Waals surface area contributed by atoms with Crippen molar-refractivity contribution in [3.63, 3.8) is 0 Å². The van der Waals surface area contributed by atoms with Gasteiger partial charge in [-0.05, 0) is 49.1 Å². The Morgan fingerprint density at radius 2 is 1.92 bits per heavy atom. The Bertz CT molecular complexity index is 743. The molecule has 0 saturated carbocycles. The third-order valence-electron chi connectivity index (χ3n) is 4.30. The molecular weight excluding hydrogens is 345 g/mol. The van der Waals surface area contributed by atoms with Crippen molar-refractivity contribution in [1.29, 1.82) is 0 Å². The summed E-state index contributed by atoms with van der Waals surface area (Å²) in [6.07, 6.45) is 4.03. The monoisotopic (exact) mass is 363 g/mol. The van der Waals surface area contributed by atoms with Crippen molar-refractivity contribution in [3.8, 4) is 0 Å². The van der Waals surface area contributed by atoms with Crippen molar-refractivity contribution in [2.24, 2.45) is 5.92 Å². The smallest absolute Gasteiger partial charge is 0.274 e. The van der Waals surface area contributed by atoms with Crippen LogP contribution in [0.3, 0.4) is 0 Å². The number of rotatable bonds is 3. The first-order chi connectivity index (χ1) is 11.5. The largest absolute Gasteiger partial charge is 0.371 e. The molecule has 0 atom stereocenters. The first kappa shape index (κ1) is 17.1. The number of hydrogen-bond acceptors (Lipinski definition) is 3. The van der Waals surface area contributed by atoms with E-state index in [-0.39, 0.29) is 5.91 Å². The van der Waals surface area contributed by atoms with Gasteiger partial charge in [-0.3, -0.25) is 9.78 Å². The highest BCUT2D eigenvalue weighted by molar-refractivity contribution is 6.42. The fraction of sp³-hybridized carbons (Fsp3) is 0.333. The maximum absolute atomic E-state index is 12.4. The van der Waals surface area contributed by atoms with Crippen LogP contribution in [0.4, 0.5) is 11.4 Å². The second kappa shape index (κ2) is 7.41. The van der Waals surface area contributed by atoms with Crippen molar-refractivity contribution in [1.82, 2.24) is 4.98 Å². The van der Waals surface area contributed by atoms with Gasteiger partial charge in [0.2, 0.25) is 0 Å². The molecule has 1 N–H and O–H groups in total. The Balaban J connectivity index is 1.73. The molecule has 1 saturated heterocycles. The second-order valence-corrected chi connectivity index (χ2v) is 6.97. The number of aromatic nitrogens is 1. The van der Waals surface area contributed by atoms with E-state index in [0.29, 0.717) is 21.4 Å². The van der Waals surface area contributed by atoms with Crippen LogP contribution in [0.5, 0.6) is 0 Å². The second-order valence-electron chi connectivity index (χ2n) is 6.15. The molecule has 1 aliphatic rings. The number of amides is 1. The van der Waals surface area contributed by atoms with Gasteiger partial charge in [0.25, 0.3) is 5.91 Å². The highest BCUT2D eigenvalue weighted by Crippen LogP contribution is 2.26. The number of halogens is 2. The molecule has 24 heavy (non-hydrogen) atoms. The first-order valence-electron chi connectivity index (χ1n) is 8.00. The number of benzene rings is 1. The number of hydrogen-bond donors (Lipinski definition) is 1. The molecule has 6 heteroatoms. The number of piperidine rings is 1. The summed E-state index contributed by atoms with van der Waals surface area (Å²) < 4.78 is 0. The summed E-state index contributed by atoms with van der Waals surface area (Å²) in [5.74, 6) is 0.501. The zero-order valence-electron chi connectivity index (χ0n) is 13.4. The lowest BCUT2D eigenvalue weighted by Crippen LogP contribution is -2.33. The van der Waals surface area contributed by atoms with Crippen LogP contribution >= 0.6 is 23.2 Å². The minimum atomic E-state index is -0.263. The fourth-order valence-electron chi connectivity index (χ4n) is 2.78. The molecular formula is C18H19Cl2N3O. The number of pyridine rings is 1. The molecule has 1 fully saturated rings. The van der Waals surface area contributed by atoms with E-state index in [1.165, 1.54) is 12.8 Å². The zero-order chi connectivity index (χ0) is 17.1. The van der Waals surface area contributed by atoms with Crippen molar-refractivity contribution in [2.45, 2.75) is 19.8 Å². The van der Waals surface area contributed by atoms with Gasteiger partial charge in [0.05, 0.1) is 10.0 Å². The molecule has 0 aliphatic carbocycles. The molecule has 1 amide bonds. The highest BCUT2D eigenvalue weighted by Gasteiger charge is 2.17. The van der Waals surface area contributed by atoms with Crippen LogP contribution in [0.1, 0.15) is 30.3 Å². The molecule has 2 heterocycles. The fourth-order valence-corrected chi connectivity index (χ4v) is 3.07. The van der Waals surface area contributed by atoms with E-state index in [4.69, 9.17) is 23.2 Å². The van der Waals surface area contributed by atoms with Gasteiger partial charge in [-0.1, -0.05) is 30.1 Å². The molecule has 0 spiro atoms. The predicted octanol–water partition coefficient (Wildman–Crippen LogP) is 4.88. The molecule has 2 aromatic rings. The third-order valence-corrected chi connectivity index (χ3v) is 5.04. The average molecular weight is 364 g/mol. The van der Waals surface area contributed by atoms with Crippen molar-refractivity contribution >= 4 is 40.5 Å². The quantitative estimate of drug-likeness (QED) is 0.845. The Hall–Kier alpha value is -1.78. The van der Waals surface area contributed by atoms with Gasteiger partial charge in [-0.2, -0.15) is 0 Å². The molecule has 3 rings (SSSR count). The minimum absolute atomic E-state index is 0.263. The molecule has 0 radical (unpaired) electrons. The van der Waals surface area contributed by atoms with Gasteiger partial charge < -0.3 is 10.2 Å². The molecule has 1 aliphatic heterocycles. The molecule has 0 bridgehead atoms. The maximum atomic E-state index is 12.4. The van der Waals surface area contributed by atoms with E-state index in [0.717, 1.165) is 24.7 Å². The Labute approximate surface area is 151 Å². The summed E-state index contributed by atoms with van der Waals surface area (Å²) >= 11 is 11.9. The van der Waals surface area contributed by atoms with Crippen molar-refractivity contribution in [2.75, 3.05) is 23.3 Å². The third kappa shape index (κ3) is 4.00. The number of carbonyl (C=O) groups excluding carboxylic acids is 1. The SMILES string of the molecule is CC1CCN(c2ccnc(C(=O)Nc3ccc(Cl)c(Cl)c3)c2)CC1. The van der Waals surface area contributed by atoms with E-state index >= 15 is 0 Å². The van der Waals surface area contributed by atoms with Gasteiger partial charge in [-0.15, -0.1) is 0 Å². The number of nitrogens with one attached hydrogen (secondary N) is 1. The molecule has 126 valence electrons. The zero-order valence-corrected chi connectivity index (χ0v) is 14.9. The molecule has 1 aromatic heterocycles. The molecule has 4 nitrogen and oxygen atoms in total. The summed E-state index contributed by atoms with van der Waals surface area (Å²) in [6.45, 7) is 4.30. The maximum Gasteiger partial charge on any atom is 0.274 e. The van der Waals surface area contributed by atoms with Crippen LogP contribution in [-0.2, 0) is 0 Å². The minimum Gasteiger partial charge on any atom is -0.371 e. The lowest BCUT2D eigenvalue weighted by molar-refractivity contribution is 0.102. The van der Waals surface area contributed by atoms with E-state index in [2.05, 4.69) is 22.1 Å². The molecule has 0 unspecified atom stereocenters. The summed E-state index contributed by atoms with van der Waals surface area (Å²) in [4.78, 5) is 18.9. The Morgan fingerprint density at radius 3 is 2.62 bits per heavy atom. The van der Waals surface area contributed by atoms with E-state index in [1.54, 1.807) is 24.4 Å². The topological polar surface area (TPSA) is 45.2 Å². The Morgan fingerprint density at radius 1 is 1.17 bits per heavy atom. The van der Waals surface area contributed by atoms with Gasteiger partial charge in [0.1, 0.15) is 5.69 Å². The van der Waals surface area contributed by atoms with Gasteiger partial charge >= 0.3 is 0 Å². The highest BCUT2D eigenvalue weighted by atomic mass is 35.5. The van der Waals surface area contributed by atoms with Crippen LogP contribution in [-0.4, -0.2) is 24.0 Å². The average Bonchev–Trinajstić information content (AvgIpc) is 2.59. The van der Waals surface area contributed by atoms with E-state index in [1.807, 2.05) is 12.1 Å². The summed E-state index contributed by atoms with van der Waals surface area (Å²) in [6, 6.07) is 8.77. The number of anilines is 2. The van der Waals surface area contributed by atoms with E-state index in [9.17, 15) is 4.79 Å². The summed E-state index contributed by atoms with van der Waals surface area (Å²) in [5.41, 5.74) is 2.02. The number of carbonyl (C=O) groups is 1. The summed E-state index contributed by atoms with van der Waals surface area (Å²) in [5, 5.41) is 3.65. The van der Waals surface area contributed by atoms with Crippen LogP contribution < -0.4 is 10.2 Å². The van der Waals surface area contributed by atoms with Crippen molar-refractivity contribution < 1.29 is 4.79 Å². The number of nitrogens with zero attached hydrogens (tertiary/aromatic N) is 2. The van der Waals surface area contributed by atoms with Crippen LogP contribution in [0, 0.1) is 5.92 Å². The first-order valence-corrected chi connectivity index (χ1v) is 8.76. The van der Waals surface area contributed by atoms with Crippen LogP contribution in [0.15, 0.2) is 36.5 Å². The van der Waals surface area contributed by atoms with Crippen LogP contribution in [0.25, 0.3) is 0 Å². The lowest BCUT2D eigenvalue weighted by Gasteiger charge is -2.32. The Kier molecular flexibility index (Phi) is 5.27.